The fraction of sp³-hybridized carbons (Fsp3) is 0.189. The Morgan fingerprint density at radius 1 is 0.625 bits per heavy atom. The fourth-order valence-electron chi connectivity index (χ4n) is 6.80. The van der Waals surface area contributed by atoms with Crippen LogP contribution in [0.3, 0.4) is 0 Å². The SMILES string of the molecule is CCCc1ccccc1-c1cc2c(cc1C)C(OC)(OC)c1cc3c(cc1-2)c1ccccc1n3-c1ccccc1. The van der Waals surface area contributed by atoms with Gasteiger partial charge in [-0.1, -0.05) is 74.0 Å². The molecule has 5 aromatic carbocycles. The standard InChI is InChI=1S/C37H33NO2/c1-5-13-25-14-9-10-17-27(25)29-21-30-31-22-32-28-18-11-12-19-35(28)38(26-15-7-6-8-16-26)36(32)23-34(31)37(39-3,40-4)33(30)20-24(29)2/h6-12,14-23H,5,13H2,1-4H3. The summed E-state index contributed by atoms with van der Waals surface area (Å²) in [6.45, 7) is 4.44. The number of aryl methyl sites for hydroxylation is 2. The van der Waals surface area contributed by atoms with Crippen LogP contribution in [0.1, 0.15) is 35.6 Å². The van der Waals surface area contributed by atoms with E-state index in [0.29, 0.717) is 0 Å². The van der Waals surface area contributed by atoms with Crippen LogP contribution in [0.4, 0.5) is 0 Å². The van der Waals surface area contributed by atoms with Gasteiger partial charge < -0.3 is 14.0 Å². The summed E-state index contributed by atoms with van der Waals surface area (Å²) in [6, 6.07) is 37.3. The summed E-state index contributed by atoms with van der Waals surface area (Å²) in [6.07, 6.45) is 2.17. The number of hydrogen-bond donors (Lipinski definition) is 0. The average molecular weight is 524 g/mol. The second-order valence-corrected chi connectivity index (χ2v) is 10.7. The van der Waals surface area contributed by atoms with Gasteiger partial charge in [0.25, 0.3) is 0 Å². The summed E-state index contributed by atoms with van der Waals surface area (Å²) in [5, 5.41) is 2.46. The molecule has 40 heavy (non-hydrogen) atoms. The molecule has 6 aromatic rings. The molecule has 198 valence electrons. The van der Waals surface area contributed by atoms with Gasteiger partial charge >= 0.3 is 0 Å². The Morgan fingerprint density at radius 3 is 2.08 bits per heavy atom. The third-order valence-electron chi connectivity index (χ3n) is 8.59. The molecule has 0 amide bonds. The monoisotopic (exact) mass is 523 g/mol. The van der Waals surface area contributed by atoms with E-state index < -0.39 is 5.79 Å². The molecule has 3 heteroatoms. The molecule has 3 nitrogen and oxygen atoms in total. The molecule has 0 spiro atoms. The maximum atomic E-state index is 6.30. The minimum Gasteiger partial charge on any atom is -0.346 e. The number of hydrogen-bond acceptors (Lipinski definition) is 2. The highest BCUT2D eigenvalue weighted by Gasteiger charge is 2.45. The van der Waals surface area contributed by atoms with Crippen molar-refractivity contribution >= 4 is 21.8 Å². The van der Waals surface area contributed by atoms with Gasteiger partial charge in [-0.05, 0) is 89.2 Å². The summed E-state index contributed by atoms with van der Waals surface area (Å²) in [5.41, 5.74) is 13.1. The van der Waals surface area contributed by atoms with Gasteiger partial charge in [0.2, 0.25) is 5.79 Å². The van der Waals surface area contributed by atoms with E-state index in [1.54, 1.807) is 14.2 Å². The van der Waals surface area contributed by atoms with Gasteiger partial charge in [-0.2, -0.15) is 0 Å². The van der Waals surface area contributed by atoms with Crippen LogP contribution in [-0.2, 0) is 21.7 Å². The van der Waals surface area contributed by atoms with Gasteiger partial charge in [0.15, 0.2) is 0 Å². The lowest BCUT2D eigenvalue weighted by Gasteiger charge is -2.29. The number of fused-ring (bicyclic) bond motifs is 6. The molecule has 0 saturated heterocycles. The molecule has 1 heterocycles. The molecule has 0 saturated carbocycles. The molecule has 0 aliphatic heterocycles. The van der Waals surface area contributed by atoms with Gasteiger partial charge in [0.05, 0.1) is 11.0 Å². The van der Waals surface area contributed by atoms with Gasteiger partial charge in [0.1, 0.15) is 0 Å². The van der Waals surface area contributed by atoms with Crippen molar-refractivity contribution in [3.8, 4) is 27.9 Å². The molecular weight excluding hydrogens is 490 g/mol. The molecule has 0 unspecified atom stereocenters. The number of ether oxygens (including phenoxy) is 2. The van der Waals surface area contributed by atoms with E-state index in [-0.39, 0.29) is 0 Å². The highest BCUT2D eigenvalue weighted by atomic mass is 16.7. The number of benzene rings is 5. The van der Waals surface area contributed by atoms with Crippen molar-refractivity contribution in [2.45, 2.75) is 32.5 Å². The number of rotatable bonds is 6. The Morgan fingerprint density at radius 2 is 1.30 bits per heavy atom. The Labute approximate surface area is 235 Å². The number of aromatic nitrogens is 1. The minimum absolute atomic E-state index is 0.983. The molecule has 1 aliphatic carbocycles. The van der Waals surface area contributed by atoms with Crippen molar-refractivity contribution in [3.05, 3.63) is 125 Å². The predicted molar refractivity (Wildman–Crippen MR) is 165 cm³/mol. The molecule has 0 bridgehead atoms. The Balaban J connectivity index is 1.56. The van der Waals surface area contributed by atoms with Crippen LogP contribution in [-0.4, -0.2) is 18.8 Å². The van der Waals surface area contributed by atoms with Gasteiger partial charge in [-0.3, -0.25) is 0 Å². The van der Waals surface area contributed by atoms with Crippen LogP contribution in [0.15, 0.2) is 103 Å². The zero-order chi connectivity index (χ0) is 27.4. The van der Waals surface area contributed by atoms with Crippen LogP contribution in [0.25, 0.3) is 49.7 Å². The van der Waals surface area contributed by atoms with Crippen molar-refractivity contribution in [3.63, 3.8) is 0 Å². The molecule has 1 aromatic heterocycles. The summed E-state index contributed by atoms with van der Waals surface area (Å²) >= 11 is 0. The number of nitrogens with zero attached hydrogens (tertiary/aromatic N) is 1. The fourth-order valence-corrected chi connectivity index (χ4v) is 6.80. The first-order valence-corrected chi connectivity index (χ1v) is 14.1. The lowest BCUT2D eigenvalue weighted by molar-refractivity contribution is -0.180. The van der Waals surface area contributed by atoms with Crippen molar-refractivity contribution in [2.24, 2.45) is 0 Å². The lowest BCUT2D eigenvalue weighted by Crippen LogP contribution is -2.30. The first-order valence-electron chi connectivity index (χ1n) is 14.1. The topological polar surface area (TPSA) is 23.4 Å². The lowest BCUT2D eigenvalue weighted by atomic mass is 9.90. The summed E-state index contributed by atoms with van der Waals surface area (Å²) in [4.78, 5) is 0. The zero-order valence-corrected chi connectivity index (χ0v) is 23.5. The van der Waals surface area contributed by atoms with Crippen LogP contribution in [0.2, 0.25) is 0 Å². The molecule has 7 rings (SSSR count). The third kappa shape index (κ3) is 3.45. The summed E-state index contributed by atoms with van der Waals surface area (Å²) < 4.78 is 15.0. The third-order valence-corrected chi connectivity index (χ3v) is 8.59. The Kier molecular flexibility index (Phi) is 5.88. The van der Waals surface area contributed by atoms with Gasteiger partial charge in [-0.25, -0.2) is 0 Å². The second-order valence-electron chi connectivity index (χ2n) is 10.7. The van der Waals surface area contributed by atoms with Crippen LogP contribution >= 0.6 is 0 Å². The van der Waals surface area contributed by atoms with Crippen molar-refractivity contribution in [2.75, 3.05) is 14.2 Å². The molecule has 0 N–H and O–H groups in total. The maximum absolute atomic E-state index is 6.30. The highest BCUT2D eigenvalue weighted by molar-refractivity contribution is 6.11. The minimum atomic E-state index is -0.983. The maximum Gasteiger partial charge on any atom is 0.223 e. The predicted octanol–water partition coefficient (Wildman–Crippen LogP) is 9.19. The average Bonchev–Trinajstić information content (AvgIpc) is 3.45. The Hall–Kier alpha value is -4.18. The molecule has 1 aliphatic rings. The molecular formula is C37H33NO2. The summed E-state index contributed by atoms with van der Waals surface area (Å²) in [7, 11) is 3.50. The molecule has 0 radical (unpaired) electrons. The first-order chi connectivity index (χ1) is 19.6. The van der Waals surface area contributed by atoms with Crippen LogP contribution in [0.5, 0.6) is 0 Å². The zero-order valence-electron chi connectivity index (χ0n) is 23.5. The normalized spacial score (nSPS) is 13.6. The van der Waals surface area contributed by atoms with E-state index in [2.05, 4.69) is 122 Å². The van der Waals surface area contributed by atoms with Gasteiger partial charge in [-0.15, -0.1) is 0 Å². The quantitative estimate of drug-likeness (QED) is 0.203. The number of methoxy groups -OCH3 is 2. The molecule has 0 fully saturated rings. The van der Waals surface area contributed by atoms with Crippen LogP contribution < -0.4 is 0 Å². The van der Waals surface area contributed by atoms with Crippen molar-refractivity contribution in [1.82, 2.24) is 4.57 Å². The van der Waals surface area contributed by atoms with E-state index in [1.165, 1.54) is 44.1 Å². The smallest absolute Gasteiger partial charge is 0.223 e. The van der Waals surface area contributed by atoms with Crippen molar-refractivity contribution in [1.29, 1.82) is 0 Å². The van der Waals surface area contributed by atoms with Gasteiger partial charge in [0, 0.05) is 41.8 Å². The summed E-state index contributed by atoms with van der Waals surface area (Å²) in [5.74, 6) is -0.983. The van der Waals surface area contributed by atoms with Crippen LogP contribution in [0, 0.1) is 6.92 Å². The van der Waals surface area contributed by atoms with E-state index >= 15 is 0 Å². The second kappa shape index (κ2) is 9.48. The molecule has 0 atom stereocenters. The Bertz CT molecular complexity index is 1890. The van der Waals surface area contributed by atoms with E-state index in [0.717, 1.165) is 40.7 Å². The van der Waals surface area contributed by atoms with E-state index in [9.17, 15) is 0 Å². The first kappa shape index (κ1) is 24.8. The number of para-hydroxylation sites is 2. The highest BCUT2D eigenvalue weighted by Crippen LogP contribution is 2.53. The van der Waals surface area contributed by atoms with Crippen molar-refractivity contribution < 1.29 is 9.47 Å². The van der Waals surface area contributed by atoms with E-state index in [4.69, 9.17) is 9.47 Å². The largest absolute Gasteiger partial charge is 0.346 e. The van der Waals surface area contributed by atoms with E-state index in [1.807, 2.05) is 0 Å².